The van der Waals surface area contributed by atoms with Gasteiger partial charge in [0.15, 0.2) is 0 Å². The fraction of sp³-hybridized carbons (Fsp3) is 0.474. The molecule has 0 aliphatic heterocycles. The number of aliphatic hydroxyl groups is 1. The van der Waals surface area contributed by atoms with Crippen molar-refractivity contribution in [3.63, 3.8) is 0 Å². The number of rotatable bonds is 8. The molecule has 1 amide bonds. The van der Waals surface area contributed by atoms with Gasteiger partial charge in [-0.3, -0.25) is 14.4 Å². The molecule has 6 nitrogen and oxygen atoms in total. The molecule has 3 rings (SSSR count). The van der Waals surface area contributed by atoms with E-state index in [1.165, 1.54) is 0 Å². The number of benzene rings is 1. The number of aromatic nitrogens is 2. The van der Waals surface area contributed by atoms with Crippen LogP contribution in [0.15, 0.2) is 36.4 Å². The van der Waals surface area contributed by atoms with Crippen LogP contribution in [-0.2, 0) is 18.4 Å². The van der Waals surface area contributed by atoms with Crippen LogP contribution in [-0.4, -0.2) is 44.9 Å². The third-order valence-corrected chi connectivity index (χ3v) is 4.67. The Morgan fingerprint density at radius 2 is 2.12 bits per heavy atom. The molecule has 0 spiro atoms. The van der Waals surface area contributed by atoms with E-state index in [0.29, 0.717) is 18.3 Å². The predicted molar refractivity (Wildman–Crippen MR) is 97.0 cm³/mol. The van der Waals surface area contributed by atoms with E-state index in [4.69, 9.17) is 0 Å². The van der Waals surface area contributed by atoms with Crippen LogP contribution in [0.2, 0.25) is 0 Å². The Morgan fingerprint density at radius 3 is 2.68 bits per heavy atom. The Bertz CT molecular complexity index is 709. The van der Waals surface area contributed by atoms with E-state index in [2.05, 4.69) is 27.4 Å². The van der Waals surface area contributed by atoms with Crippen LogP contribution in [0.3, 0.4) is 0 Å². The Kier molecular flexibility index (Phi) is 5.50. The van der Waals surface area contributed by atoms with Gasteiger partial charge < -0.3 is 10.4 Å². The van der Waals surface area contributed by atoms with Crippen molar-refractivity contribution in [2.75, 3.05) is 18.5 Å². The summed E-state index contributed by atoms with van der Waals surface area (Å²) in [6, 6.07) is 12.0. The van der Waals surface area contributed by atoms with Crippen molar-refractivity contribution in [3.8, 4) is 0 Å². The maximum atomic E-state index is 12.6. The zero-order valence-electron chi connectivity index (χ0n) is 14.9. The third kappa shape index (κ3) is 4.67. The van der Waals surface area contributed by atoms with Gasteiger partial charge in [0.25, 0.3) is 0 Å². The molecule has 1 atom stereocenters. The number of hydrogen-bond donors (Lipinski definition) is 2. The maximum absolute atomic E-state index is 12.6. The van der Waals surface area contributed by atoms with E-state index >= 15 is 0 Å². The topological polar surface area (TPSA) is 70.4 Å². The second-order valence-corrected chi connectivity index (χ2v) is 6.82. The van der Waals surface area contributed by atoms with Crippen molar-refractivity contribution >= 4 is 11.7 Å². The SMILES string of the molecule is Cc1cc(NC(=O)CN(Cc2ccccc2)[C@@H](CO)C2CC2)n(C)n1. The maximum Gasteiger partial charge on any atom is 0.239 e. The first-order valence-corrected chi connectivity index (χ1v) is 8.76. The molecule has 1 aromatic heterocycles. The van der Waals surface area contributed by atoms with Crippen LogP contribution < -0.4 is 5.32 Å². The van der Waals surface area contributed by atoms with Crippen molar-refractivity contribution in [1.82, 2.24) is 14.7 Å². The number of nitrogens with zero attached hydrogens (tertiary/aromatic N) is 3. The van der Waals surface area contributed by atoms with Crippen molar-refractivity contribution in [2.24, 2.45) is 13.0 Å². The molecule has 0 bridgehead atoms. The molecule has 1 saturated carbocycles. The van der Waals surface area contributed by atoms with Gasteiger partial charge in [0, 0.05) is 25.7 Å². The van der Waals surface area contributed by atoms with Crippen molar-refractivity contribution in [2.45, 2.75) is 32.4 Å². The number of nitrogens with one attached hydrogen (secondary N) is 1. The Hall–Kier alpha value is -2.18. The normalized spacial score (nSPS) is 15.4. The number of aryl methyl sites for hydroxylation is 2. The van der Waals surface area contributed by atoms with Crippen molar-refractivity contribution in [1.29, 1.82) is 0 Å². The van der Waals surface area contributed by atoms with E-state index in [0.717, 1.165) is 24.1 Å². The Labute approximate surface area is 148 Å². The molecule has 0 saturated heterocycles. The van der Waals surface area contributed by atoms with Crippen molar-refractivity contribution in [3.05, 3.63) is 47.7 Å². The molecule has 2 N–H and O–H groups in total. The van der Waals surface area contributed by atoms with Gasteiger partial charge in [0.05, 0.1) is 18.8 Å². The summed E-state index contributed by atoms with van der Waals surface area (Å²) in [6.07, 6.45) is 2.25. The Morgan fingerprint density at radius 1 is 1.40 bits per heavy atom. The lowest BCUT2D eigenvalue weighted by molar-refractivity contribution is -0.118. The number of amides is 1. The van der Waals surface area contributed by atoms with Gasteiger partial charge in [-0.15, -0.1) is 0 Å². The number of aliphatic hydroxyl groups excluding tert-OH is 1. The summed E-state index contributed by atoms with van der Waals surface area (Å²) in [7, 11) is 1.81. The molecule has 1 aliphatic rings. The largest absolute Gasteiger partial charge is 0.395 e. The molecule has 6 heteroatoms. The third-order valence-electron chi connectivity index (χ3n) is 4.67. The van der Waals surface area contributed by atoms with Crippen LogP contribution in [0.5, 0.6) is 0 Å². The summed E-state index contributed by atoms with van der Waals surface area (Å²) in [6.45, 7) is 2.88. The summed E-state index contributed by atoms with van der Waals surface area (Å²) in [4.78, 5) is 14.7. The lowest BCUT2D eigenvalue weighted by Crippen LogP contribution is -2.43. The van der Waals surface area contributed by atoms with Gasteiger partial charge in [-0.25, -0.2) is 0 Å². The van der Waals surface area contributed by atoms with Gasteiger partial charge in [0.2, 0.25) is 5.91 Å². The number of carbonyl (C=O) groups is 1. The van der Waals surface area contributed by atoms with E-state index in [1.54, 1.807) is 4.68 Å². The smallest absolute Gasteiger partial charge is 0.239 e. The van der Waals surface area contributed by atoms with Gasteiger partial charge >= 0.3 is 0 Å². The van der Waals surface area contributed by atoms with Crippen LogP contribution in [0, 0.1) is 12.8 Å². The summed E-state index contributed by atoms with van der Waals surface area (Å²) < 4.78 is 1.67. The Balaban J connectivity index is 1.69. The minimum atomic E-state index is -0.0852. The van der Waals surface area contributed by atoms with Crippen LogP contribution in [0.25, 0.3) is 0 Å². The molecule has 1 aliphatic carbocycles. The number of hydrogen-bond acceptors (Lipinski definition) is 4. The lowest BCUT2D eigenvalue weighted by Gasteiger charge is -2.30. The fourth-order valence-corrected chi connectivity index (χ4v) is 3.25. The first kappa shape index (κ1) is 17.6. The van der Waals surface area contributed by atoms with Gasteiger partial charge in [-0.2, -0.15) is 5.10 Å². The molecule has 0 radical (unpaired) electrons. The molecule has 1 fully saturated rings. The summed E-state index contributed by atoms with van der Waals surface area (Å²) in [5, 5.41) is 17.0. The van der Waals surface area contributed by atoms with E-state index < -0.39 is 0 Å². The highest BCUT2D eigenvalue weighted by molar-refractivity contribution is 5.91. The molecular formula is C19H26N4O2. The zero-order chi connectivity index (χ0) is 17.8. The first-order valence-electron chi connectivity index (χ1n) is 8.76. The highest BCUT2D eigenvalue weighted by Crippen LogP contribution is 2.35. The molecule has 2 aromatic rings. The average molecular weight is 342 g/mol. The number of carbonyl (C=O) groups excluding carboxylic acids is 1. The fourth-order valence-electron chi connectivity index (χ4n) is 3.25. The predicted octanol–water partition coefficient (Wildman–Crippen LogP) is 1.94. The second kappa shape index (κ2) is 7.80. The lowest BCUT2D eigenvalue weighted by atomic mass is 10.1. The van der Waals surface area contributed by atoms with Gasteiger partial charge in [-0.1, -0.05) is 30.3 Å². The minimum absolute atomic E-state index is 0.0271. The van der Waals surface area contributed by atoms with Gasteiger partial charge in [-0.05, 0) is 31.2 Å². The zero-order valence-corrected chi connectivity index (χ0v) is 14.9. The van der Waals surface area contributed by atoms with Gasteiger partial charge in [0.1, 0.15) is 5.82 Å². The van der Waals surface area contributed by atoms with Crippen LogP contribution >= 0.6 is 0 Å². The monoisotopic (exact) mass is 342 g/mol. The minimum Gasteiger partial charge on any atom is -0.395 e. The highest BCUT2D eigenvalue weighted by atomic mass is 16.3. The molecule has 0 unspecified atom stereocenters. The molecule has 25 heavy (non-hydrogen) atoms. The summed E-state index contributed by atoms with van der Waals surface area (Å²) in [5.41, 5.74) is 2.01. The molecular weight excluding hydrogens is 316 g/mol. The average Bonchev–Trinajstić information content (AvgIpc) is 3.35. The summed E-state index contributed by atoms with van der Waals surface area (Å²) >= 11 is 0. The van der Waals surface area contributed by atoms with E-state index in [9.17, 15) is 9.90 Å². The van der Waals surface area contributed by atoms with Crippen LogP contribution in [0.1, 0.15) is 24.1 Å². The second-order valence-electron chi connectivity index (χ2n) is 6.82. The van der Waals surface area contributed by atoms with E-state index in [1.807, 2.05) is 38.2 Å². The molecule has 1 heterocycles. The number of anilines is 1. The molecule has 1 aromatic carbocycles. The van der Waals surface area contributed by atoms with Crippen LogP contribution in [0.4, 0.5) is 5.82 Å². The first-order chi connectivity index (χ1) is 12.1. The highest BCUT2D eigenvalue weighted by Gasteiger charge is 2.35. The standard InChI is InChI=1S/C19H26N4O2/c1-14-10-18(22(2)21-14)20-19(25)12-23(17(13-24)16-8-9-16)11-15-6-4-3-5-7-15/h3-7,10,16-17,24H,8-9,11-13H2,1-2H3,(H,20,25)/t17-/m0/s1. The van der Waals surface area contributed by atoms with E-state index in [-0.39, 0.29) is 25.1 Å². The quantitative estimate of drug-likeness (QED) is 0.769. The molecule has 134 valence electrons. The summed E-state index contributed by atoms with van der Waals surface area (Å²) in [5.74, 6) is 1.09. The van der Waals surface area contributed by atoms with Crippen molar-refractivity contribution < 1.29 is 9.90 Å².